The molecular weight excluding hydrogens is 234 g/mol. The molecule has 2 nitrogen and oxygen atoms in total. The molecule has 2 heteroatoms. The lowest BCUT2D eigenvalue weighted by molar-refractivity contribution is -0.0183. The molecule has 1 N–H and O–H groups in total. The summed E-state index contributed by atoms with van der Waals surface area (Å²) >= 11 is 0. The lowest BCUT2D eigenvalue weighted by atomic mass is 9.89. The van der Waals surface area contributed by atoms with Gasteiger partial charge in [-0.2, -0.15) is 0 Å². The van der Waals surface area contributed by atoms with Gasteiger partial charge in [-0.05, 0) is 65.7 Å². The molecule has 0 bridgehead atoms. The van der Waals surface area contributed by atoms with Gasteiger partial charge in [0.2, 0.25) is 0 Å². The van der Waals surface area contributed by atoms with Gasteiger partial charge in [-0.15, -0.1) is 0 Å². The van der Waals surface area contributed by atoms with Crippen LogP contribution < -0.4 is 5.32 Å². The van der Waals surface area contributed by atoms with E-state index in [1.807, 2.05) is 0 Å². The van der Waals surface area contributed by atoms with E-state index in [9.17, 15) is 0 Å². The van der Waals surface area contributed by atoms with Crippen molar-refractivity contribution in [2.75, 3.05) is 0 Å². The van der Waals surface area contributed by atoms with E-state index in [2.05, 4.69) is 53.4 Å². The SMILES string of the molecule is C=C(CC)NC(C)C.CC1CCC(OC(C)C)CC1. The molecule has 0 saturated heterocycles. The van der Waals surface area contributed by atoms with E-state index in [1.165, 1.54) is 25.7 Å². The Morgan fingerprint density at radius 2 is 1.68 bits per heavy atom. The molecule has 0 aromatic carbocycles. The van der Waals surface area contributed by atoms with Crippen molar-refractivity contribution in [1.82, 2.24) is 5.32 Å². The molecule has 0 heterocycles. The van der Waals surface area contributed by atoms with Crippen LogP contribution in [0.5, 0.6) is 0 Å². The van der Waals surface area contributed by atoms with Gasteiger partial charge in [0, 0.05) is 11.7 Å². The van der Waals surface area contributed by atoms with Crippen molar-refractivity contribution in [2.24, 2.45) is 5.92 Å². The van der Waals surface area contributed by atoms with E-state index in [0.29, 0.717) is 18.2 Å². The highest BCUT2D eigenvalue weighted by Crippen LogP contribution is 2.26. The third-order valence-corrected chi connectivity index (χ3v) is 3.35. The highest BCUT2D eigenvalue weighted by molar-refractivity contribution is 4.90. The van der Waals surface area contributed by atoms with Crippen LogP contribution >= 0.6 is 0 Å². The Kier molecular flexibility index (Phi) is 10.0. The van der Waals surface area contributed by atoms with Gasteiger partial charge >= 0.3 is 0 Å². The molecule has 1 fully saturated rings. The van der Waals surface area contributed by atoms with Crippen molar-refractivity contribution in [3.05, 3.63) is 12.3 Å². The lowest BCUT2D eigenvalue weighted by Gasteiger charge is -2.27. The van der Waals surface area contributed by atoms with Crippen molar-refractivity contribution >= 4 is 0 Å². The van der Waals surface area contributed by atoms with Gasteiger partial charge < -0.3 is 10.1 Å². The van der Waals surface area contributed by atoms with Crippen LogP contribution in [0.25, 0.3) is 0 Å². The fourth-order valence-corrected chi connectivity index (χ4v) is 2.26. The predicted molar refractivity (Wildman–Crippen MR) is 85.3 cm³/mol. The highest BCUT2D eigenvalue weighted by atomic mass is 16.5. The molecule has 0 amide bonds. The second-order valence-electron chi connectivity index (χ2n) is 6.32. The molecule has 1 aliphatic carbocycles. The summed E-state index contributed by atoms with van der Waals surface area (Å²) in [5.74, 6) is 0.932. The molecule has 114 valence electrons. The first-order valence-electron chi connectivity index (χ1n) is 7.94. The van der Waals surface area contributed by atoms with E-state index in [1.54, 1.807) is 0 Å². The molecule has 0 aromatic heterocycles. The van der Waals surface area contributed by atoms with Gasteiger partial charge in [0.05, 0.1) is 12.2 Å². The first kappa shape index (κ1) is 18.5. The molecule has 0 atom stereocenters. The number of nitrogens with one attached hydrogen (secondary N) is 1. The minimum absolute atomic E-state index is 0.411. The third kappa shape index (κ3) is 11.1. The van der Waals surface area contributed by atoms with E-state index in [0.717, 1.165) is 18.0 Å². The maximum atomic E-state index is 5.74. The number of rotatable bonds is 5. The van der Waals surface area contributed by atoms with Crippen molar-refractivity contribution in [1.29, 1.82) is 0 Å². The standard InChI is InChI=1S/C10H20O.C7H15N/c1-8(2)11-10-6-4-9(3)5-7-10;1-5-7(4)8-6(2)3/h8-10H,4-7H2,1-3H3;6,8H,4-5H2,1-3H3. The fraction of sp³-hybridized carbons (Fsp3) is 0.882. The average Bonchev–Trinajstić information content (AvgIpc) is 2.31. The van der Waals surface area contributed by atoms with Crippen molar-refractivity contribution < 1.29 is 4.74 Å². The second kappa shape index (κ2) is 10.3. The monoisotopic (exact) mass is 269 g/mol. The van der Waals surface area contributed by atoms with Gasteiger partial charge in [0.25, 0.3) is 0 Å². The topological polar surface area (TPSA) is 21.3 Å². The zero-order valence-electron chi connectivity index (χ0n) is 14.0. The Hall–Kier alpha value is -0.500. The summed E-state index contributed by atoms with van der Waals surface area (Å²) in [4.78, 5) is 0. The minimum Gasteiger partial charge on any atom is -0.387 e. The largest absolute Gasteiger partial charge is 0.387 e. The Balaban J connectivity index is 0.000000362. The zero-order chi connectivity index (χ0) is 14.8. The van der Waals surface area contributed by atoms with Gasteiger partial charge in [-0.3, -0.25) is 0 Å². The number of ether oxygens (including phenoxy) is 1. The third-order valence-electron chi connectivity index (χ3n) is 3.35. The smallest absolute Gasteiger partial charge is 0.0578 e. The number of hydrogen-bond donors (Lipinski definition) is 1. The van der Waals surface area contributed by atoms with Crippen molar-refractivity contribution in [3.63, 3.8) is 0 Å². The molecule has 0 unspecified atom stereocenters. The summed E-state index contributed by atoms with van der Waals surface area (Å²) < 4.78 is 5.74. The molecule has 1 saturated carbocycles. The first-order chi connectivity index (χ1) is 8.85. The van der Waals surface area contributed by atoms with Gasteiger partial charge in [-0.1, -0.05) is 20.4 Å². The quantitative estimate of drug-likeness (QED) is 0.766. The van der Waals surface area contributed by atoms with Crippen LogP contribution in [0, 0.1) is 5.92 Å². The van der Waals surface area contributed by atoms with E-state index < -0.39 is 0 Å². The lowest BCUT2D eigenvalue weighted by Crippen LogP contribution is -2.23. The molecule has 1 rings (SSSR count). The van der Waals surface area contributed by atoms with E-state index in [4.69, 9.17) is 4.74 Å². The predicted octanol–water partition coefficient (Wildman–Crippen LogP) is 4.90. The summed E-state index contributed by atoms with van der Waals surface area (Å²) in [6.45, 7) is 16.7. The minimum atomic E-state index is 0.411. The normalized spacial score (nSPS) is 22.9. The molecule has 0 aromatic rings. The Morgan fingerprint density at radius 3 is 2.00 bits per heavy atom. The molecule has 19 heavy (non-hydrogen) atoms. The van der Waals surface area contributed by atoms with Crippen LogP contribution in [0.4, 0.5) is 0 Å². The summed E-state index contributed by atoms with van der Waals surface area (Å²) in [6.07, 6.45) is 7.27. The Labute approximate surface area is 121 Å². The van der Waals surface area contributed by atoms with Crippen molar-refractivity contribution in [2.45, 2.75) is 91.9 Å². The Morgan fingerprint density at radius 1 is 1.16 bits per heavy atom. The van der Waals surface area contributed by atoms with Crippen molar-refractivity contribution in [3.8, 4) is 0 Å². The van der Waals surface area contributed by atoms with Crippen LogP contribution in [0.3, 0.4) is 0 Å². The van der Waals surface area contributed by atoms with Gasteiger partial charge in [0.15, 0.2) is 0 Å². The maximum Gasteiger partial charge on any atom is 0.0578 e. The molecule has 0 spiro atoms. The second-order valence-corrected chi connectivity index (χ2v) is 6.32. The molecule has 0 radical (unpaired) electrons. The fourth-order valence-electron chi connectivity index (χ4n) is 2.26. The van der Waals surface area contributed by atoms with Crippen LogP contribution in [0.15, 0.2) is 12.3 Å². The molecule has 1 aliphatic rings. The van der Waals surface area contributed by atoms with E-state index >= 15 is 0 Å². The summed E-state index contributed by atoms with van der Waals surface area (Å²) in [5, 5.41) is 3.20. The summed E-state index contributed by atoms with van der Waals surface area (Å²) in [5.41, 5.74) is 1.12. The van der Waals surface area contributed by atoms with Gasteiger partial charge in [0.1, 0.15) is 0 Å². The zero-order valence-corrected chi connectivity index (χ0v) is 14.0. The van der Waals surface area contributed by atoms with Crippen LogP contribution in [0.2, 0.25) is 0 Å². The summed E-state index contributed by atoms with van der Waals surface area (Å²) in [6, 6.07) is 0.530. The number of hydrogen-bond acceptors (Lipinski definition) is 2. The van der Waals surface area contributed by atoms with Gasteiger partial charge in [-0.25, -0.2) is 0 Å². The Bertz CT molecular complexity index is 227. The average molecular weight is 269 g/mol. The first-order valence-corrected chi connectivity index (χ1v) is 7.94. The number of allylic oxidation sites excluding steroid dienone is 1. The van der Waals surface area contributed by atoms with E-state index in [-0.39, 0.29) is 0 Å². The van der Waals surface area contributed by atoms with Crippen LogP contribution in [-0.2, 0) is 4.74 Å². The maximum absolute atomic E-state index is 5.74. The van der Waals surface area contributed by atoms with Crippen LogP contribution in [0.1, 0.15) is 73.6 Å². The highest BCUT2D eigenvalue weighted by Gasteiger charge is 2.18. The summed E-state index contributed by atoms with van der Waals surface area (Å²) in [7, 11) is 0. The molecular formula is C17H35NO. The van der Waals surface area contributed by atoms with Crippen LogP contribution in [-0.4, -0.2) is 18.2 Å². The molecule has 0 aliphatic heterocycles.